The van der Waals surface area contributed by atoms with Crippen LogP contribution in [0.3, 0.4) is 0 Å². The number of amides is 1. The molecule has 2 aromatic rings. The van der Waals surface area contributed by atoms with E-state index in [0.717, 1.165) is 31.6 Å². The number of benzene rings is 2. The molecule has 25 heavy (non-hydrogen) atoms. The lowest BCUT2D eigenvalue weighted by Gasteiger charge is -2.22. The average Bonchev–Trinajstić information content (AvgIpc) is 2.64. The van der Waals surface area contributed by atoms with Crippen molar-refractivity contribution in [2.45, 2.75) is 12.8 Å². The van der Waals surface area contributed by atoms with Gasteiger partial charge in [-0.05, 0) is 54.2 Å². The van der Waals surface area contributed by atoms with E-state index in [1.165, 1.54) is 0 Å². The van der Waals surface area contributed by atoms with Gasteiger partial charge in [0.2, 0.25) is 0 Å². The van der Waals surface area contributed by atoms with Crippen molar-refractivity contribution >= 4 is 5.91 Å². The molecule has 2 N–H and O–H groups in total. The summed E-state index contributed by atoms with van der Waals surface area (Å²) in [5.41, 5.74) is 1.39. The highest BCUT2D eigenvalue weighted by atomic mass is 19.2. The SMILES string of the molecule is O=C(NCC1CCCOC1)c1ccc(-c2cc(O)c(F)c(F)c2)cc1. The van der Waals surface area contributed by atoms with Crippen LogP contribution in [0.1, 0.15) is 23.2 Å². The van der Waals surface area contributed by atoms with Gasteiger partial charge in [0.25, 0.3) is 5.91 Å². The number of halogens is 2. The smallest absolute Gasteiger partial charge is 0.251 e. The van der Waals surface area contributed by atoms with Crippen molar-refractivity contribution in [1.82, 2.24) is 5.32 Å². The fraction of sp³-hybridized carbons (Fsp3) is 0.316. The van der Waals surface area contributed by atoms with E-state index in [9.17, 15) is 18.7 Å². The molecule has 132 valence electrons. The Hall–Kier alpha value is -2.47. The van der Waals surface area contributed by atoms with Gasteiger partial charge in [0.1, 0.15) is 0 Å². The van der Waals surface area contributed by atoms with E-state index in [1.807, 2.05) is 0 Å². The molecule has 1 atom stereocenters. The number of ether oxygens (including phenoxy) is 1. The first kappa shape index (κ1) is 17.4. The number of hydrogen-bond acceptors (Lipinski definition) is 3. The number of hydrogen-bond donors (Lipinski definition) is 2. The van der Waals surface area contributed by atoms with Gasteiger partial charge in [0.15, 0.2) is 17.4 Å². The zero-order chi connectivity index (χ0) is 17.8. The largest absolute Gasteiger partial charge is 0.505 e. The highest BCUT2D eigenvalue weighted by Crippen LogP contribution is 2.28. The molecule has 0 bridgehead atoms. The van der Waals surface area contributed by atoms with E-state index in [-0.39, 0.29) is 5.91 Å². The third-order valence-corrected chi connectivity index (χ3v) is 4.30. The van der Waals surface area contributed by atoms with Crippen LogP contribution >= 0.6 is 0 Å². The van der Waals surface area contributed by atoms with Gasteiger partial charge in [-0.25, -0.2) is 4.39 Å². The first-order valence-electron chi connectivity index (χ1n) is 8.19. The van der Waals surface area contributed by atoms with Crippen LogP contribution in [0.4, 0.5) is 8.78 Å². The molecular weight excluding hydrogens is 328 g/mol. The molecule has 0 aromatic heterocycles. The summed E-state index contributed by atoms with van der Waals surface area (Å²) in [5.74, 6) is -2.99. The van der Waals surface area contributed by atoms with Crippen LogP contribution in [0.15, 0.2) is 36.4 Å². The van der Waals surface area contributed by atoms with Gasteiger partial charge in [-0.3, -0.25) is 4.79 Å². The lowest BCUT2D eigenvalue weighted by atomic mass is 10.0. The third kappa shape index (κ3) is 4.14. The Morgan fingerprint density at radius 3 is 2.60 bits per heavy atom. The second-order valence-corrected chi connectivity index (χ2v) is 6.16. The molecule has 1 heterocycles. The summed E-state index contributed by atoms with van der Waals surface area (Å²) in [4.78, 5) is 12.2. The van der Waals surface area contributed by atoms with E-state index in [4.69, 9.17) is 4.74 Å². The van der Waals surface area contributed by atoms with Gasteiger partial charge >= 0.3 is 0 Å². The van der Waals surface area contributed by atoms with Crippen LogP contribution in [0.5, 0.6) is 5.75 Å². The predicted octanol–water partition coefficient (Wildman–Crippen LogP) is 3.49. The minimum absolute atomic E-state index is 0.190. The number of phenols is 1. The van der Waals surface area contributed by atoms with Gasteiger partial charge < -0.3 is 15.2 Å². The summed E-state index contributed by atoms with van der Waals surface area (Å²) >= 11 is 0. The van der Waals surface area contributed by atoms with Crippen molar-refractivity contribution in [3.8, 4) is 16.9 Å². The normalized spacial score (nSPS) is 17.3. The van der Waals surface area contributed by atoms with Crippen molar-refractivity contribution in [3.05, 3.63) is 53.6 Å². The second-order valence-electron chi connectivity index (χ2n) is 6.16. The first-order chi connectivity index (χ1) is 12.0. The monoisotopic (exact) mass is 347 g/mol. The highest BCUT2D eigenvalue weighted by Gasteiger charge is 2.16. The molecule has 0 radical (unpaired) electrons. The molecule has 1 fully saturated rings. The van der Waals surface area contributed by atoms with Crippen molar-refractivity contribution in [2.75, 3.05) is 19.8 Å². The number of nitrogens with one attached hydrogen (secondary N) is 1. The van der Waals surface area contributed by atoms with Crippen LogP contribution in [0.25, 0.3) is 11.1 Å². The number of phenolic OH excluding ortho intramolecular Hbond substituents is 1. The van der Waals surface area contributed by atoms with Gasteiger partial charge in [-0.2, -0.15) is 4.39 Å². The van der Waals surface area contributed by atoms with Crippen LogP contribution in [0.2, 0.25) is 0 Å². The number of carbonyl (C=O) groups excluding carboxylic acids is 1. The standard InChI is InChI=1S/C19H19F2NO3/c20-16-8-15(9-17(23)18(16)21)13-3-5-14(6-4-13)19(24)22-10-12-2-1-7-25-11-12/h3-6,8-9,12,23H,1-2,7,10-11H2,(H,22,24). The minimum Gasteiger partial charge on any atom is -0.505 e. The molecule has 1 aliphatic heterocycles. The zero-order valence-corrected chi connectivity index (χ0v) is 13.6. The third-order valence-electron chi connectivity index (χ3n) is 4.30. The van der Waals surface area contributed by atoms with Gasteiger partial charge in [0.05, 0.1) is 6.61 Å². The molecule has 1 saturated heterocycles. The molecule has 2 aromatic carbocycles. The Kier molecular flexibility index (Phi) is 5.28. The van der Waals surface area contributed by atoms with E-state index >= 15 is 0 Å². The summed E-state index contributed by atoms with van der Waals surface area (Å²) in [6.07, 6.45) is 2.05. The Labute approximate surface area is 144 Å². The fourth-order valence-corrected chi connectivity index (χ4v) is 2.86. The van der Waals surface area contributed by atoms with Gasteiger partial charge in [-0.1, -0.05) is 12.1 Å². The summed E-state index contributed by atoms with van der Waals surface area (Å²) in [7, 11) is 0. The second kappa shape index (κ2) is 7.61. The average molecular weight is 347 g/mol. The van der Waals surface area contributed by atoms with E-state index in [2.05, 4.69) is 5.32 Å². The molecule has 1 unspecified atom stereocenters. The summed E-state index contributed by atoms with van der Waals surface area (Å²) in [6, 6.07) is 8.64. The Bertz CT molecular complexity index is 733. The Balaban J connectivity index is 1.66. The molecule has 6 heteroatoms. The maximum Gasteiger partial charge on any atom is 0.251 e. The van der Waals surface area contributed by atoms with Crippen LogP contribution < -0.4 is 5.32 Å². The van der Waals surface area contributed by atoms with E-state index in [1.54, 1.807) is 24.3 Å². The lowest BCUT2D eigenvalue weighted by molar-refractivity contribution is 0.0536. The zero-order valence-electron chi connectivity index (χ0n) is 13.6. The quantitative estimate of drug-likeness (QED) is 0.890. The molecule has 0 aliphatic carbocycles. The summed E-state index contributed by atoms with van der Waals surface area (Å²) < 4.78 is 31.9. The topological polar surface area (TPSA) is 58.6 Å². The number of carbonyl (C=O) groups is 1. The fourth-order valence-electron chi connectivity index (χ4n) is 2.86. The molecule has 1 amide bonds. The van der Waals surface area contributed by atoms with Crippen LogP contribution in [0, 0.1) is 17.6 Å². The van der Waals surface area contributed by atoms with Crippen molar-refractivity contribution < 1.29 is 23.4 Å². The Morgan fingerprint density at radius 2 is 1.96 bits per heavy atom. The van der Waals surface area contributed by atoms with Crippen molar-refractivity contribution in [1.29, 1.82) is 0 Å². The minimum atomic E-state index is -1.27. The molecule has 1 aliphatic rings. The highest BCUT2D eigenvalue weighted by molar-refractivity contribution is 5.94. The van der Waals surface area contributed by atoms with Crippen LogP contribution in [-0.4, -0.2) is 30.8 Å². The Morgan fingerprint density at radius 1 is 1.20 bits per heavy atom. The number of aromatic hydroxyl groups is 1. The summed E-state index contributed by atoms with van der Waals surface area (Å²) in [6.45, 7) is 2.02. The molecule has 0 saturated carbocycles. The van der Waals surface area contributed by atoms with E-state index in [0.29, 0.717) is 35.8 Å². The maximum atomic E-state index is 13.4. The van der Waals surface area contributed by atoms with Gasteiger partial charge in [0, 0.05) is 18.7 Å². The number of rotatable bonds is 4. The lowest BCUT2D eigenvalue weighted by Crippen LogP contribution is -2.33. The van der Waals surface area contributed by atoms with Gasteiger partial charge in [-0.15, -0.1) is 0 Å². The maximum absolute atomic E-state index is 13.4. The van der Waals surface area contributed by atoms with Crippen molar-refractivity contribution in [3.63, 3.8) is 0 Å². The van der Waals surface area contributed by atoms with Crippen LogP contribution in [-0.2, 0) is 4.74 Å². The van der Waals surface area contributed by atoms with E-state index < -0.39 is 17.4 Å². The summed E-state index contributed by atoms with van der Waals surface area (Å²) in [5, 5.41) is 12.3. The molecular formula is C19H19F2NO3. The predicted molar refractivity (Wildman–Crippen MR) is 89.3 cm³/mol. The van der Waals surface area contributed by atoms with Crippen molar-refractivity contribution in [2.24, 2.45) is 5.92 Å². The molecule has 4 nitrogen and oxygen atoms in total. The molecule has 3 rings (SSSR count). The molecule has 0 spiro atoms. The first-order valence-corrected chi connectivity index (χ1v) is 8.19.